The number of ether oxygens (including phenoxy) is 1. The van der Waals surface area contributed by atoms with E-state index >= 15 is 0 Å². The van der Waals surface area contributed by atoms with Crippen LogP contribution in [0.4, 0.5) is 0 Å². The summed E-state index contributed by atoms with van der Waals surface area (Å²) in [4.78, 5) is 23.2. The molecular formula is C14H16ClNO4. The highest BCUT2D eigenvalue weighted by atomic mass is 35.5. The van der Waals surface area contributed by atoms with E-state index in [2.05, 4.69) is 5.32 Å². The van der Waals surface area contributed by atoms with E-state index in [1.54, 1.807) is 25.1 Å². The molecule has 0 aliphatic heterocycles. The average molecular weight is 298 g/mol. The number of rotatable bonds is 6. The molecule has 5 nitrogen and oxygen atoms in total. The van der Waals surface area contributed by atoms with E-state index in [9.17, 15) is 9.59 Å². The fourth-order valence-corrected chi connectivity index (χ4v) is 1.74. The van der Waals surface area contributed by atoms with Gasteiger partial charge in [0.15, 0.2) is 0 Å². The second-order valence-corrected chi connectivity index (χ2v) is 4.45. The molecule has 6 heteroatoms. The number of methoxy groups -OCH3 is 1. The van der Waals surface area contributed by atoms with E-state index in [-0.39, 0.29) is 12.0 Å². The predicted molar refractivity (Wildman–Crippen MR) is 76.3 cm³/mol. The highest BCUT2D eigenvalue weighted by Gasteiger charge is 2.21. The molecular weight excluding hydrogens is 282 g/mol. The fraction of sp³-hybridized carbons (Fsp3) is 0.286. The molecule has 20 heavy (non-hydrogen) atoms. The SMILES string of the molecule is C/C=C/CC(NC(=O)c1ccc(Cl)cc1OC)C(=O)O. The maximum Gasteiger partial charge on any atom is 0.326 e. The van der Waals surface area contributed by atoms with Crippen molar-refractivity contribution in [2.45, 2.75) is 19.4 Å². The number of hydrogen-bond donors (Lipinski definition) is 2. The zero-order valence-corrected chi connectivity index (χ0v) is 12.0. The Morgan fingerprint density at radius 2 is 2.20 bits per heavy atom. The van der Waals surface area contributed by atoms with Crippen LogP contribution < -0.4 is 10.1 Å². The Hall–Kier alpha value is -2.01. The molecule has 1 atom stereocenters. The molecule has 1 unspecified atom stereocenters. The third-order valence-electron chi connectivity index (χ3n) is 2.62. The molecule has 1 aromatic rings. The Balaban J connectivity index is 2.91. The van der Waals surface area contributed by atoms with Crippen LogP contribution in [-0.2, 0) is 4.79 Å². The summed E-state index contributed by atoms with van der Waals surface area (Å²) < 4.78 is 5.06. The van der Waals surface area contributed by atoms with Crippen molar-refractivity contribution in [3.8, 4) is 5.75 Å². The highest BCUT2D eigenvalue weighted by molar-refractivity contribution is 6.30. The number of nitrogens with one attached hydrogen (secondary N) is 1. The first-order valence-corrected chi connectivity index (χ1v) is 6.35. The quantitative estimate of drug-likeness (QED) is 0.791. The van der Waals surface area contributed by atoms with Crippen LogP contribution >= 0.6 is 11.6 Å². The first-order chi connectivity index (χ1) is 9.49. The molecule has 0 aliphatic rings. The van der Waals surface area contributed by atoms with Gasteiger partial charge >= 0.3 is 5.97 Å². The van der Waals surface area contributed by atoms with Crippen molar-refractivity contribution in [3.63, 3.8) is 0 Å². The average Bonchev–Trinajstić information content (AvgIpc) is 2.42. The van der Waals surface area contributed by atoms with Gasteiger partial charge in [-0.25, -0.2) is 4.79 Å². The van der Waals surface area contributed by atoms with Crippen LogP contribution in [0, 0.1) is 0 Å². The topological polar surface area (TPSA) is 75.6 Å². The van der Waals surface area contributed by atoms with Crippen molar-refractivity contribution in [2.24, 2.45) is 0 Å². The molecule has 2 N–H and O–H groups in total. The number of benzene rings is 1. The van der Waals surface area contributed by atoms with Crippen LogP contribution in [0.15, 0.2) is 30.4 Å². The Kier molecular flexibility index (Phi) is 6.06. The fourth-order valence-electron chi connectivity index (χ4n) is 1.58. The zero-order chi connectivity index (χ0) is 15.1. The second-order valence-electron chi connectivity index (χ2n) is 4.01. The third kappa shape index (κ3) is 4.28. The molecule has 1 rings (SSSR count). The molecule has 0 aromatic heterocycles. The van der Waals surface area contributed by atoms with Crippen molar-refractivity contribution < 1.29 is 19.4 Å². The molecule has 0 saturated heterocycles. The molecule has 0 aliphatic carbocycles. The minimum atomic E-state index is -1.09. The lowest BCUT2D eigenvalue weighted by molar-refractivity contribution is -0.139. The molecule has 0 saturated carbocycles. The van der Waals surface area contributed by atoms with Crippen LogP contribution in [0.1, 0.15) is 23.7 Å². The monoisotopic (exact) mass is 297 g/mol. The van der Waals surface area contributed by atoms with E-state index in [0.717, 1.165) is 0 Å². The molecule has 0 radical (unpaired) electrons. The summed E-state index contributed by atoms with van der Waals surface area (Å²) in [7, 11) is 1.41. The Labute approximate surface area is 122 Å². The van der Waals surface area contributed by atoms with E-state index in [1.807, 2.05) is 0 Å². The molecule has 108 valence electrons. The van der Waals surface area contributed by atoms with Crippen molar-refractivity contribution in [1.82, 2.24) is 5.32 Å². The number of hydrogen-bond acceptors (Lipinski definition) is 3. The lowest BCUT2D eigenvalue weighted by atomic mass is 10.1. The number of allylic oxidation sites excluding steroid dienone is 1. The second kappa shape index (κ2) is 7.55. The first kappa shape index (κ1) is 16.0. The van der Waals surface area contributed by atoms with E-state index in [1.165, 1.54) is 19.2 Å². The van der Waals surface area contributed by atoms with Gasteiger partial charge in [0, 0.05) is 5.02 Å². The summed E-state index contributed by atoms with van der Waals surface area (Å²) >= 11 is 5.81. The van der Waals surface area contributed by atoms with Crippen molar-refractivity contribution in [1.29, 1.82) is 0 Å². The number of halogens is 1. The number of amides is 1. The molecule has 0 bridgehead atoms. The molecule has 1 aromatic carbocycles. The molecule has 0 heterocycles. The number of carboxylic acid groups (broad SMARTS) is 1. The summed E-state index contributed by atoms with van der Waals surface area (Å²) in [5.74, 6) is -1.31. The lowest BCUT2D eigenvalue weighted by Gasteiger charge is -2.14. The minimum Gasteiger partial charge on any atom is -0.496 e. The Bertz CT molecular complexity index is 528. The van der Waals surface area contributed by atoms with Gasteiger partial charge in [-0.3, -0.25) is 4.79 Å². The minimum absolute atomic E-state index is 0.216. The van der Waals surface area contributed by atoms with E-state index in [4.69, 9.17) is 21.4 Å². The third-order valence-corrected chi connectivity index (χ3v) is 2.85. The standard InChI is InChI=1S/C14H16ClNO4/c1-3-4-5-11(14(18)19)16-13(17)10-7-6-9(15)8-12(10)20-2/h3-4,6-8,11H,5H2,1-2H3,(H,16,17)(H,18,19)/b4-3+. The summed E-state index contributed by atoms with van der Waals surface area (Å²) in [6.45, 7) is 1.78. The highest BCUT2D eigenvalue weighted by Crippen LogP contribution is 2.23. The number of carbonyl (C=O) groups excluding carboxylic acids is 1. The largest absolute Gasteiger partial charge is 0.496 e. The summed E-state index contributed by atoms with van der Waals surface area (Å²) in [6, 6.07) is 3.54. The predicted octanol–water partition coefficient (Wildman–Crippen LogP) is 2.50. The van der Waals surface area contributed by atoms with Gasteiger partial charge < -0.3 is 15.2 Å². The van der Waals surface area contributed by atoms with Crippen molar-refractivity contribution >= 4 is 23.5 Å². The molecule has 0 fully saturated rings. The van der Waals surface area contributed by atoms with Gasteiger partial charge in [-0.15, -0.1) is 0 Å². The van der Waals surface area contributed by atoms with Gasteiger partial charge in [-0.1, -0.05) is 23.8 Å². The van der Waals surface area contributed by atoms with Crippen LogP contribution in [0.3, 0.4) is 0 Å². The zero-order valence-electron chi connectivity index (χ0n) is 11.2. The van der Waals surface area contributed by atoms with Crippen LogP contribution in [0.25, 0.3) is 0 Å². The normalized spacial score (nSPS) is 12.2. The summed E-state index contributed by atoms with van der Waals surface area (Å²) in [5.41, 5.74) is 0.239. The summed E-state index contributed by atoms with van der Waals surface area (Å²) in [5, 5.41) is 11.9. The Morgan fingerprint density at radius 1 is 1.50 bits per heavy atom. The molecule has 0 spiro atoms. The van der Waals surface area contributed by atoms with Gasteiger partial charge in [0.2, 0.25) is 0 Å². The van der Waals surface area contributed by atoms with Crippen LogP contribution in [-0.4, -0.2) is 30.1 Å². The van der Waals surface area contributed by atoms with Crippen molar-refractivity contribution in [3.05, 3.63) is 40.9 Å². The first-order valence-electron chi connectivity index (χ1n) is 5.98. The number of carboxylic acids is 1. The summed E-state index contributed by atoms with van der Waals surface area (Å²) in [6.07, 6.45) is 3.62. The van der Waals surface area contributed by atoms with E-state index in [0.29, 0.717) is 10.8 Å². The number of aliphatic carboxylic acids is 1. The molecule has 1 amide bonds. The maximum atomic E-state index is 12.1. The maximum absolute atomic E-state index is 12.1. The van der Waals surface area contributed by atoms with Gasteiger partial charge in [0.25, 0.3) is 5.91 Å². The Morgan fingerprint density at radius 3 is 2.75 bits per heavy atom. The van der Waals surface area contributed by atoms with Crippen molar-refractivity contribution in [2.75, 3.05) is 7.11 Å². The lowest BCUT2D eigenvalue weighted by Crippen LogP contribution is -2.40. The van der Waals surface area contributed by atoms with Gasteiger partial charge in [-0.05, 0) is 31.5 Å². The van der Waals surface area contributed by atoms with Crippen LogP contribution in [0.5, 0.6) is 5.75 Å². The number of carbonyl (C=O) groups is 2. The van der Waals surface area contributed by atoms with Gasteiger partial charge in [0.05, 0.1) is 12.7 Å². The van der Waals surface area contributed by atoms with E-state index < -0.39 is 17.9 Å². The smallest absolute Gasteiger partial charge is 0.326 e. The van der Waals surface area contributed by atoms with Gasteiger partial charge in [-0.2, -0.15) is 0 Å². The van der Waals surface area contributed by atoms with Gasteiger partial charge in [0.1, 0.15) is 11.8 Å². The van der Waals surface area contributed by atoms with Crippen LogP contribution in [0.2, 0.25) is 5.02 Å².